The number of ether oxygens (including phenoxy) is 1. The number of likely N-dealkylation sites (N-methyl/N-ethyl adjacent to an activating group) is 1. The molecule has 166 valence electrons. The fourth-order valence-electron chi connectivity index (χ4n) is 3.56. The maximum Gasteiger partial charge on any atom is 0.190 e. The van der Waals surface area contributed by atoms with Gasteiger partial charge in [-0.3, -0.25) is 4.99 Å². The lowest BCUT2D eigenvalue weighted by molar-refractivity contribution is 0.274. The van der Waals surface area contributed by atoms with Crippen molar-refractivity contribution in [3.63, 3.8) is 0 Å². The lowest BCUT2D eigenvalue weighted by Gasteiger charge is -2.20. The summed E-state index contributed by atoms with van der Waals surface area (Å²) in [6.45, 7) is 10.1. The van der Waals surface area contributed by atoms with E-state index in [-0.39, 0.29) is 24.0 Å². The third-order valence-corrected chi connectivity index (χ3v) is 5.53. The van der Waals surface area contributed by atoms with Gasteiger partial charge in [-0.25, -0.2) is 0 Å². The first-order valence-corrected chi connectivity index (χ1v) is 10.6. The number of aliphatic imine (C=N–C) groups is 1. The second-order valence-corrected chi connectivity index (χ2v) is 7.74. The standard InChI is InChI=1S/C22H39N5O.HI/c1-19(20-7-9-21(28-4)10-8-20)11-13-25-22(23-2)24-12-5-15-27-16-6-14-26(3)17-18-27;/h7-10,19H,5-6,11-18H2,1-4H3,(H2,23,24,25);1H. The van der Waals surface area contributed by atoms with Crippen molar-refractivity contribution in [1.29, 1.82) is 0 Å². The molecule has 1 atom stereocenters. The number of guanidine groups is 1. The molecule has 0 saturated carbocycles. The van der Waals surface area contributed by atoms with Crippen molar-refractivity contribution < 1.29 is 4.74 Å². The predicted molar refractivity (Wildman–Crippen MR) is 134 cm³/mol. The molecule has 0 aromatic heterocycles. The summed E-state index contributed by atoms with van der Waals surface area (Å²) in [5.41, 5.74) is 1.34. The molecule has 1 saturated heterocycles. The summed E-state index contributed by atoms with van der Waals surface area (Å²) in [6, 6.07) is 8.36. The van der Waals surface area contributed by atoms with Crippen LogP contribution < -0.4 is 15.4 Å². The quantitative estimate of drug-likeness (QED) is 0.228. The van der Waals surface area contributed by atoms with E-state index in [0.29, 0.717) is 5.92 Å². The summed E-state index contributed by atoms with van der Waals surface area (Å²) < 4.78 is 5.23. The fraction of sp³-hybridized carbons (Fsp3) is 0.682. The third kappa shape index (κ3) is 10.00. The molecule has 1 aliphatic rings. The first-order valence-electron chi connectivity index (χ1n) is 10.6. The van der Waals surface area contributed by atoms with E-state index in [9.17, 15) is 0 Å². The Morgan fingerprint density at radius 3 is 2.52 bits per heavy atom. The highest BCUT2D eigenvalue weighted by molar-refractivity contribution is 14.0. The molecule has 1 heterocycles. The molecule has 0 amide bonds. The average molecular weight is 518 g/mol. The SMILES string of the molecule is CN=C(NCCCN1CCCN(C)CC1)NCCC(C)c1ccc(OC)cc1.I. The molecule has 6 nitrogen and oxygen atoms in total. The van der Waals surface area contributed by atoms with E-state index in [1.54, 1.807) is 7.11 Å². The molecule has 1 fully saturated rings. The summed E-state index contributed by atoms with van der Waals surface area (Å²) in [6.07, 6.45) is 3.49. The van der Waals surface area contributed by atoms with Crippen molar-refractivity contribution in [2.45, 2.75) is 32.1 Å². The maximum atomic E-state index is 5.23. The van der Waals surface area contributed by atoms with Crippen LogP contribution in [0.15, 0.2) is 29.3 Å². The van der Waals surface area contributed by atoms with Crippen LogP contribution >= 0.6 is 24.0 Å². The van der Waals surface area contributed by atoms with Gasteiger partial charge in [0.25, 0.3) is 0 Å². The minimum Gasteiger partial charge on any atom is -0.497 e. The van der Waals surface area contributed by atoms with Crippen LogP contribution in [-0.4, -0.2) is 82.8 Å². The highest BCUT2D eigenvalue weighted by Crippen LogP contribution is 2.21. The first-order chi connectivity index (χ1) is 13.6. The smallest absolute Gasteiger partial charge is 0.190 e. The van der Waals surface area contributed by atoms with E-state index < -0.39 is 0 Å². The van der Waals surface area contributed by atoms with Crippen molar-refractivity contribution in [3.8, 4) is 5.75 Å². The minimum absolute atomic E-state index is 0. The molecule has 1 unspecified atom stereocenters. The number of hydrogen-bond acceptors (Lipinski definition) is 4. The normalized spacial score (nSPS) is 17.2. The lowest BCUT2D eigenvalue weighted by Crippen LogP contribution is -2.39. The molecule has 0 bridgehead atoms. The zero-order chi connectivity index (χ0) is 20.2. The second kappa shape index (κ2) is 14.8. The van der Waals surface area contributed by atoms with Crippen molar-refractivity contribution in [2.75, 3.05) is 67.0 Å². The van der Waals surface area contributed by atoms with Crippen LogP contribution in [0.4, 0.5) is 0 Å². The molecule has 0 aliphatic carbocycles. The van der Waals surface area contributed by atoms with Crippen molar-refractivity contribution in [3.05, 3.63) is 29.8 Å². The molecule has 0 radical (unpaired) electrons. The summed E-state index contributed by atoms with van der Waals surface area (Å²) in [5, 5.41) is 6.89. The van der Waals surface area contributed by atoms with Gasteiger partial charge in [-0.2, -0.15) is 0 Å². The van der Waals surface area contributed by atoms with Crippen LogP contribution in [0.1, 0.15) is 37.7 Å². The van der Waals surface area contributed by atoms with Gasteiger partial charge in [-0.1, -0.05) is 19.1 Å². The molecular weight excluding hydrogens is 477 g/mol. The number of methoxy groups -OCH3 is 1. The van der Waals surface area contributed by atoms with Crippen LogP contribution in [0.2, 0.25) is 0 Å². The van der Waals surface area contributed by atoms with E-state index in [1.165, 1.54) is 38.2 Å². The van der Waals surface area contributed by atoms with Gasteiger partial charge in [-0.15, -0.1) is 24.0 Å². The van der Waals surface area contributed by atoms with E-state index in [2.05, 4.69) is 51.5 Å². The van der Waals surface area contributed by atoms with Gasteiger partial charge in [0.2, 0.25) is 0 Å². The van der Waals surface area contributed by atoms with E-state index in [0.717, 1.165) is 44.2 Å². The predicted octanol–water partition coefficient (Wildman–Crippen LogP) is 3.00. The van der Waals surface area contributed by atoms with Gasteiger partial charge >= 0.3 is 0 Å². The Kier molecular flexibility index (Phi) is 13.3. The average Bonchev–Trinajstić information content (AvgIpc) is 2.93. The summed E-state index contributed by atoms with van der Waals surface area (Å²) in [5.74, 6) is 2.31. The van der Waals surface area contributed by atoms with E-state index in [4.69, 9.17) is 4.74 Å². The maximum absolute atomic E-state index is 5.23. The highest BCUT2D eigenvalue weighted by Gasteiger charge is 2.11. The number of nitrogens with zero attached hydrogens (tertiary/aromatic N) is 3. The molecule has 1 aliphatic heterocycles. The zero-order valence-corrected chi connectivity index (χ0v) is 20.9. The topological polar surface area (TPSA) is 52.1 Å². The number of halogens is 1. The number of nitrogens with one attached hydrogen (secondary N) is 2. The van der Waals surface area contributed by atoms with E-state index in [1.807, 2.05) is 19.2 Å². The molecule has 1 aromatic carbocycles. The van der Waals surface area contributed by atoms with Gasteiger partial charge in [0.05, 0.1) is 7.11 Å². The Morgan fingerprint density at radius 1 is 1.10 bits per heavy atom. The van der Waals surface area contributed by atoms with Crippen molar-refractivity contribution in [1.82, 2.24) is 20.4 Å². The lowest BCUT2D eigenvalue weighted by atomic mass is 9.98. The highest BCUT2D eigenvalue weighted by atomic mass is 127. The number of rotatable bonds is 9. The number of hydrogen-bond donors (Lipinski definition) is 2. The van der Waals surface area contributed by atoms with Gasteiger partial charge in [0.1, 0.15) is 5.75 Å². The van der Waals surface area contributed by atoms with Gasteiger partial charge < -0.3 is 25.2 Å². The molecule has 2 N–H and O–H groups in total. The second-order valence-electron chi connectivity index (χ2n) is 7.74. The Bertz CT molecular complexity index is 581. The summed E-state index contributed by atoms with van der Waals surface area (Å²) in [4.78, 5) is 9.36. The molecule has 2 rings (SSSR count). The van der Waals surface area contributed by atoms with Crippen LogP contribution in [0, 0.1) is 0 Å². The van der Waals surface area contributed by atoms with E-state index >= 15 is 0 Å². The van der Waals surface area contributed by atoms with Crippen LogP contribution in [0.5, 0.6) is 5.75 Å². The first kappa shape index (κ1) is 26.0. The summed E-state index contributed by atoms with van der Waals surface area (Å²) in [7, 11) is 5.76. The largest absolute Gasteiger partial charge is 0.497 e. The van der Waals surface area contributed by atoms with Crippen molar-refractivity contribution in [2.24, 2.45) is 4.99 Å². The third-order valence-electron chi connectivity index (χ3n) is 5.53. The Labute approximate surface area is 194 Å². The Morgan fingerprint density at radius 2 is 1.83 bits per heavy atom. The van der Waals surface area contributed by atoms with Crippen LogP contribution in [0.25, 0.3) is 0 Å². The number of benzene rings is 1. The molecule has 0 spiro atoms. The van der Waals surface area contributed by atoms with Crippen molar-refractivity contribution >= 4 is 29.9 Å². The Balaban J connectivity index is 0.00000420. The van der Waals surface area contributed by atoms with Crippen LogP contribution in [0.3, 0.4) is 0 Å². The van der Waals surface area contributed by atoms with Gasteiger partial charge in [0, 0.05) is 33.2 Å². The minimum atomic E-state index is 0. The van der Waals surface area contributed by atoms with Gasteiger partial charge in [-0.05, 0) is 69.6 Å². The molecule has 29 heavy (non-hydrogen) atoms. The zero-order valence-electron chi connectivity index (χ0n) is 18.6. The Hall–Kier alpha value is -1.06. The molecule has 7 heteroatoms. The van der Waals surface area contributed by atoms with Crippen LogP contribution in [-0.2, 0) is 0 Å². The summed E-state index contributed by atoms with van der Waals surface area (Å²) >= 11 is 0. The molecule has 1 aromatic rings. The molecular formula is C22H40IN5O. The van der Waals surface area contributed by atoms with Gasteiger partial charge in [0.15, 0.2) is 5.96 Å². The fourth-order valence-corrected chi connectivity index (χ4v) is 3.56. The monoisotopic (exact) mass is 517 g/mol.